The quantitative estimate of drug-likeness (QED) is 0.634. The van der Waals surface area contributed by atoms with Crippen LogP contribution in [0.5, 0.6) is 0 Å². The molecule has 0 bridgehead atoms. The normalized spacial score (nSPS) is 10.6. The minimum Gasteiger partial charge on any atom is -0.265 e. The molecule has 2 heterocycles. The summed E-state index contributed by atoms with van der Waals surface area (Å²) >= 11 is 0. The average Bonchev–Trinajstić information content (AvgIpc) is 2.41. The molecule has 3 heteroatoms. The van der Waals surface area contributed by atoms with Crippen molar-refractivity contribution in [2.45, 2.75) is 6.92 Å². The van der Waals surface area contributed by atoms with Gasteiger partial charge in [-0.1, -0.05) is 24.3 Å². The van der Waals surface area contributed by atoms with Gasteiger partial charge in [0.25, 0.3) is 0 Å². The van der Waals surface area contributed by atoms with Crippen LogP contribution in [-0.4, -0.2) is 15.2 Å². The number of rotatable bonds is 1. The molecule has 0 N–H and O–H groups in total. The molecule has 0 atom stereocenters. The maximum absolute atomic E-state index is 4.30. The molecule has 0 unspecified atom stereocenters. The molecule has 17 heavy (non-hydrogen) atoms. The largest absolute Gasteiger partial charge is 0.265 e. The fourth-order valence-corrected chi connectivity index (χ4v) is 1.96. The highest BCUT2D eigenvalue weighted by atomic mass is 15.1. The second-order valence-corrected chi connectivity index (χ2v) is 3.92. The fourth-order valence-electron chi connectivity index (χ4n) is 1.96. The van der Waals surface area contributed by atoms with Crippen molar-refractivity contribution in [1.82, 2.24) is 15.2 Å². The molecular formula is C14H11N3. The van der Waals surface area contributed by atoms with Crippen LogP contribution in [-0.2, 0) is 0 Å². The highest BCUT2D eigenvalue weighted by molar-refractivity contribution is 5.95. The summed E-state index contributed by atoms with van der Waals surface area (Å²) in [5.74, 6) is 0. The first kappa shape index (κ1) is 9.90. The molecule has 3 nitrogen and oxygen atoms in total. The highest BCUT2D eigenvalue weighted by Crippen LogP contribution is 2.26. The summed E-state index contributed by atoms with van der Waals surface area (Å²) in [7, 11) is 0. The maximum Gasteiger partial charge on any atom is 0.101 e. The van der Waals surface area contributed by atoms with Crippen LogP contribution in [0.15, 0.2) is 48.8 Å². The van der Waals surface area contributed by atoms with Crippen molar-refractivity contribution < 1.29 is 0 Å². The number of hydrogen-bond donors (Lipinski definition) is 0. The molecule has 0 fully saturated rings. The van der Waals surface area contributed by atoms with Crippen molar-refractivity contribution in [3.63, 3.8) is 0 Å². The van der Waals surface area contributed by atoms with E-state index in [0.29, 0.717) is 0 Å². The third-order valence-corrected chi connectivity index (χ3v) is 2.83. The van der Waals surface area contributed by atoms with Crippen LogP contribution in [0.4, 0.5) is 0 Å². The first-order chi connectivity index (χ1) is 8.36. The van der Waals surface area contributed by atoms with Gasteiger partial charge in [0, 0.05) is 28.7 Å². The lowest BCUT2D eigenvalue weighted by Gasteiger charge is -2.06. The first-order valence-corrected chi connectivity index (χ1v) is 5.48. The molecule has 82 valence electrons. The Morgan fingerprint density at radius 1 is 0.824 bits per heavy atom. The van der Waals surface area contributed by atoms with Crippen LogP contribution in [0.1, 0.15) is 5.69 Å². The number of aromatic nitrogens is 3. The van der Waals surface area contributed by atoms with E-state index >= 15 is 0 Å². The van der Waals surface area contributed by atoms with Gasteiger partial charge >= 0.3 is 0 Å². The maximum atomic E-state index is 4.30. The Kier molecular flexibility index (Phi) is 2.29. The van der Waals surface area contributed by atoms with Crippen molar-refractivity contribution in [2.24, 2.45) is 0 Å². The zero-order valence-electron chi connectivity index (χ0n) is 9.46. The topological polar surface area (TPSA) is 38.7 Å². The van der Waals surface area contributed by atoms with E-state index in [1.165, 1.54) is 0 Å². The highest BCUT2D eigenvalue weighted by Gasteiger charge is 2.07. The Morgan fingerprint density at radius 3 is 2.29 bits per heavy atom. The molecule has 0 saturated carbocycles. The second kappa shape index (κ2) is 3.94. The number of hydrogen-bond acceptors (Lipinski definition) is 3. The SMILES string of the molecule is Cc1nnc(-c2ccncc2)c2ccccc12. The monoisotopic (exact) mass is 221 g/mol. The smallest absolute Gasteiger partial charge is 0.101 e. The van der Waals surface area contributed by atoms with E-state index in [2.05, 4.69) is 27.3 Å². The molecule has 0 saturated heterocycles. The molecule has 2 aromatic heterocycles. The summed E-state index contributed by atoms with van der Waals surface area (Å²) in [5.41, 5.74) is 2.91. The number of aryl methyl sites for hydroxylation is 1. The Labute approximate surface area is 99.2 Å². The summed E-state index contributed by atoms with van der Waals surface area (Å²) in [5, 5.41) is 10.8. The zero-order valence-corrected chi connectivity index (χ0v) is 9.46. The fraction of sp³-hybridized carbons (Fsp3) is 0.0714. The lowest BCUT2D eigenvalue weighted by molar-refractivity contribution is 1.01. The molecule has 3 aromatic rings. The molecule has 0 radical (unpaired) electrons. The Hall–Kier alpha value is -2.29. The predicted molar refractivity (Wildman–Crippen MR) is 67.5 cm³/mol. The van der Waals surface area contributed by atoms with Crippen molar-refractivity contribution in [1.29, 1.82) is 0 Å². The van der Waals surface area contributed by atoms with Gasteiger partial charge in [-0.2, -0.15) is 5.10 Å². The van der Waals surface area contributed by atoms with Crippen LogP contribution in [0.3, 0.4) is 0 Å². The molecule has 0 aliphatic rings. The summed E-state index contributed by atoms with van der Waals surface area (Å²) in [6, 6.07) is 12.1. The lowest BCUT2D eigenvalue weighted by atomic mass is 10.0. The van der Waals surface area contributed by atoms with Crippen LogP contribution in [0.25, 0.3) is 22.0 Å². The van der Waals surface area contributed by atoms with Crippen molar-refractivity contribution in [3.8, 4) is 11.3 Å². The minimum atomic E-state index is 0.911. The van der Waals surface area contributed by atoms with Gasteiger partial charge < -0.3 is 0 Å². The van der Waals surface area contributed by atoms with E-state index in [9.17, 15) is 0 Å². The third-order valence-electron chi connectivity index (χ3n) is 2.83. The first-order valence-electron chi connectivity index (χ1n) is 5.48. The molecule has 1 aromatic carbocycles. The molecule has 0 spiro atoms. The summed E-state index contributed by atoms with van der Waals surface area (Å²) < 4.78 is 0. The number of nitrogens with zero attached hydrogens (tertiary/aromatic N) is 3. The molecular weight excluding hydrogens is 210 g/mol. The summed E-state index contributed by atoms with van der Waals surface area (Å²) in [6.45, 7) is 1.98. The van der Waals surface area contributed by atoms with E-state index in [1.807, 2.05) is 31.2 Å². The van der Waals surface area contributed by atoms with Gasteiger partial charge in [-0.15, -0.1) is 5.10 Å². The van der Waals surface area contributed by atoms with E-state index in [0.717, 1.165) is 27.7 Å². The van der Waals surface area contributed by atoms with E-state index < -0.39 is 0 Å². The number of benzene rings is 1. The van der Waals surface area contributed by atoms with Crippen LogP contribution < -0.4 is 0 Å². The lowest BCUT2D eigenvalue weighted by Crippen LogP contribution is -1.93. The van der Waals surface area contributed by atoms with Crippen molar-refractivity contribution in [2.75, 3.05) is 0 Å². The summed E-state index contributed by atoms with van der Waals surface area (Å²) in [4.78, 5) is 4.02. The molecule has 0 aliphatic carbocycles. The van der Waals surface area contributed by atoms with E-state index in [4.69, 9.17) is 0 Å². The molecule has 0 amide bonds. The van der Waals surface area contributed by atoms with E-state index in [-0.39, 0.29) is 0 Å². The van der Waals surface area contributed by atoms with Gasteiger partial charge in [0.15, 0.2) is 0 Å². The molecule has 3 rings (SSSR count). The minimum absolute atomic E-state index is 0.911. The van der Waals surface area contributed by atoms with Crippen LogP contribution in [0, 0.1) is 6.92 Å². The van der Waals surface area contributed by atoms with Crippen molar-refractivity contribution in [3.05, 3.63) is 54.5 Å². The van der Waals surface area contributed by atoms with Gasteiger partial charge in [-0.25, -0.2) is 0 Å². The second-order valence-electron chi connectivity index (χ2n) is 3.92. The number of pyridine rings is 1. The van der Waals surface area contributed by atoms with E-state index in [1.54, 1.807) is 12.4 Å². The van der Waals surface area contributed by atoms with Crippen LogP contribution in [0.2, 0.25) is 0 Å². The van der Waals surface area contributed by atoms with Crippen molar-refractivity contribution >= 4 is 10.8 Å². The van der Waals surface area contributed by atoms with Crippen LogP contribution >= 0.6 is 0 Å². The van der Waals surface area contributed by atoms with Gasteiger partial charge in [0.1, 0.15) is 5.69 Å². The Bertz CT molecular complexity index is 663. The predicted octanol–water partition coefficient (Wildman–Crippen LogP) is 3.00. The molecule has 0 aliphatic heterocycles. The Morgan fingerprint density at radius 2 is 1.53 bits per heavy atom. The van der Waals surface area contributed by atoms with Gasteiger partial charge in [0.2, 0.25) is 0 Å². The Balaban J connectivity index is 2.35. The zero-order chi connectivity index (χ0) is 11.7. The number of fused-ring (bicyclic) bond motifs is 1. The third kappa shape index (κ3) is 1.65. The standard InChI is InChI=1S/C14H11N3/c1-10-12-4-2-3-5-13(12)14(17-16-10)11-6-8-15-9-7-11/h2-9H,1H3. The average molecular weight is 221 g/mol. The summed E-state index contributed by atoms with van der Waals surface area (Å²) in [6.07, 6.45) is 3.54. The van der Waals surface area contributed by atoms with Gasteiger partial charge in [-0.3, -0.25) is 4.98 Å². The van der Waals surface area contributed by atoms with Gasteiger partial charge in [-0.05, 0) is 19.1 Å². The van der Waals surface area contributed by atoms with Gasteiger partial charge in [0.05, 0.1) is 5.69 Å².